The molecular formula is C10H15N5S. The highest BCUT2D eigenvalue weighted by Gasteiger charge is 2.14. The Balaban J connectivity index is 2.13. The standard InChI is InChI=1S/C10H15N5S/c1-2-15-4-3-13-10(15)5-8(14-11)9-6-12-7-16-9/h3-4,6-8,14H,2,5,11H2,1H3. The zero-order chi connectivity index (χ0) is 11.4. The van der Waals surface area contributed by atoms with E-state index >= 15 is 0 Å². The highest BCUT2D eigenvalue weighted by atomic mass is 32.1. The number of hydrazine groups is 1. The molecule has 0 saturated carbocycles. The smallest absolute Gasteiger partial charge is 0.110 e. The zero-order valence-electron chi connectivity index (χ0n) is 9.13. The molecule has 0 aliphatic rings. The van der Waals surface area contributed by atoms with Gasteiger partial charge in [-0.3, -0.25) is 16.3 Å². The van der Waals surface area contributed by atoms with Gasteiger partial charge in [-0.1, -0.05) is 0 Å². The molecule has 16 heavy (non-hydrogen) atoms. The second-order valence-corrected chi connectivity index (χ2v) is 4.37. The number of nitrogens with two attached hydrogens (primary N) is 1. The highest BCUT2D eigenvalue weighted by molar-refractivity contribution is 7.09. The van der Waals surface area contributed by atoms with E-state index in [9.17, 15) is 0 Å². The Labute approximate surface area is 98.3 Å². The predicted octanol–water partition coefficient (Wildman–Crippen LogP) is 1.11. The molecule has 0 bridgehead atoms. The van der Waals surface area contributed by atoms with E-state index in [1.807, 2.05) is 24.1 Å². The fourth-order valence-corrected chi connectivity index (χ4v) is 2.32. The van der Waals surface area contributed by atoms with Crippen molar-refractivity contribution in [3.05, 3.63) is 34.8 Å². The summed E-state index contributed by atoms with van der Waals surface area (Å²) in [6.07, 6.45) is 6.42. The van der Waals surface area contributed by atoms with Gasteiger partial charge < -0.3 is 4.57 Å². The van der Waals surface area contributed by atoms with E-state index in [0.29, 0.717) is 0 Å². The predicted molar refractivity (Wildman–Crippen MR) is 63.8 cm³/mol. The van der Waals surface area contributed by atoms with Gasteiger partial charge >= 0.3 is 0 Å². The average molecular weight is 237 g/mol. The van der Waals surface area contributed by atoms with E-state index in [2.05, 4.69) is 26.9 Å². The number of imidazole rings is 1. The Bertz CT molecular complexity index is 422. The Morgan fingerprint density at radius 2 is 2.50 bits per heavy atom. The van der Waals surface area contributed by atoms with Crippen LogP contribution in [0.15, 0.2) is 24.1 Å². The molecule has 6 heteroatoms. The molecule has 1 unspecified atom stereocenters. The van der Waals surface area contributed by atoms with E-state index in [4.69, 9.17) is 5.84 Å². The van der Waals surface area contributed by atoms with Crippen LogP contribution in [0.25, 0.3) is 0 Å². The molecule has 0 aliphatic carbocycles. The molecule has 1 atom stereocenters. The van der Waals surface area contributed by atoms with Crippen molar-refractivity contribution in [2.75, 3.05) is 0 Å². The Kier molecular flexibility index (Phi) is 3.66. The van der Waals surface area contributed by atoms with Gasteiger partial charge in [0.15, 0.2) is 0 Å². The molecule has 0 saturated heterocycles. The molecule has 0 spiro atoms. The third-order valence-electron chi connectivity index (χ3n) is 2.53. The number of hydrogen-bond acceptors (Lipinski definition) is 5. The number of nitrogens with one attached hydrogen (secondary N) is 1. The number of rotatable bonds is 5. The van der Waals surface area contributed by atoms with Gasteiger partial charge in [0, 0.05) is 36.4 Å². The molecule has 0 radical (unpaired) electrons. The molecule has 86 valence electrons. The maximum absolute atomic E-state index is 5.56. The number of thiazole rings is 1. The first-order chi connectivity index (χ1) is 7.85. The van der Waals surface area contributed by atoms with Crippen molar-refractivity contribution in [3.63, 3.8) is 0 Å². The Morgan fingerprint density at radius 3 is 3.12 bits per heavy atom. The fourth-order valence-electron chi connectivity index (χ4n) is 1.64. The lowest BCUT2D eigenvalue weighted by Crippen LogP contribution is -2.29. The van der Waals surface area contributed by atoms with Crippen LogP contribution in [0.2, 0.25) is 0 Å². The van der Waals surface area contributed by atoms with Gasteiger partial charge in [-0.2, -0.15) is 0 Å². The van der Waals surface area contributed by atoms with Crippen molar-refractivity contribution < 1.29 is 0 Å². The summed E-state index contributed by atoms with van der Waals surface area (Å²) in [7, 11) is 0. The molecular weight excluding hydrogens is 222 g/mol. The van der Waals surface area contributed by atoms with Gasteiger partial charge in [-0.25, -0.2) is 4.98 Å². The SMILES string of the molecule is CCn1ccnc1CC(NN)c1cncs1. The van der Waals surface area contributed by atoms with Crippen LogP contribution in [-0.2, 0) is 13.0 Å². The first-order valence-corrected chi connectivity index (χ1v) is 6.07. The largest absolute Gasteiger partial charge is 0.335 e. The van der Waals surface area contributed by atoms with Gasteiger partial charge in [0.2, 0.25) is 0 Å². The molecule has 3 N–H and O–H groups in total. The molecule has 0 aliphatic heterocycles. The molecule has 2 aromatic rings. The van der Waals surface area contributed by atoms with Gasteiger partial charge in [-0.05, 0) is 6.92 Å². The summed E-state index contributed by atoms with van der Waals surface area (Å²) in [5, 5.41) is 0. The lowest BCUT2D eigenvalue weighted by atomic mass is 10.2. The van der Waals surface area contributed by atoms with Gasteiger partial charge in [0.25, 0.3) is 0 Å². The van der Waals surface area contributed by atoms with Gasteiger partial charge in [-0.15, -0.1) is 11.3 Å². The van der Waals surface area contributed by atoms with Crippen LogP contribution in [0, 0.1) is 0 Å². The summed E-state index contributed by atoms with van der Waals surface area (Å²) in [4.78, 5) is 9.53. The summed E-state index contributed by atoms with van der Waals surface area (Å²) < 4.78 is 2.12. The quantitative estimate of drug-likeness (QED) is 0.603. The number of nitrogens with zero attached hydrogens (tertiary/aromatic N) is 3. The van der Waals surface area contributed by atoms with Crippen LogP contribution < -0.4 is 11.3 Å². The highest BCUT2D eigenvalue weighted by Crippen LogP contribution is 2.20. The van der Waals surface area contributed by atoms with Crippen molar-refractivity contribution in [2.24, 2.45) is 5.84 Å². The van der Waals surface area contributed by atoms with Crippen molar-refractivity contribution >= 4 is 11.3 Å². The molecule has 0 amide bonds. The van der Waals surface area contributed by atoms with Crippen molar-refractivity contribution in [2.45, 2.75) is 25.9 Å². The van der Waals surface area contributed by atoms with Crippen LogP contribution in [0.4, 0.5) is 0 Å². The summed E-state index contributed by atoms with van der Waals surface area (Å²) >= 11 is 1.60. The molecule has 0 fully saturated rings. The molecule has 2 aromatic heterocycles. The minimum atomic E-state index is 0.0835. The maximum atomic E-state index is 5.56. The second kappa shape index (κ2) is 5.20. The molecule has 0 aromatic carbocycles. The van der Waals surface area contributed by atoms with Crippen LogP contribution in [0.3, 0.4) is 0 Å². The van der Waals surface area contributed by atoms with Crippen molar-refractivity contribution in [3.8, 4) is 0 Å². The fraction of sp³-hybridized carbons (Fsp3) is 0.400. The van der Waals surface area contributed by atoms with E-state index in [-0.39, 0.29) is 6.04 Å². The maximum Gasteiger partial charge on any atom is 0.110 e. The van der Waals surface area contributed by atoms with E-state index in [1.165, 1.54) is 0 Å². The minimum absolute atomic E-state index is 0.0835. The number of hydrogen-bond donors (Lipinski definition) is 2. The van der Waals surface area contributed by atoms with Crippen LogP contribution in [0.1, 0.15) is 23.7 Å². The van der Waals surface area contributed by atoms with Gasteiger partial charge in [0.05, 0.1) is 11.6 Å². The van der Waals surface area contributed by atoms with E-state index < -0.39 is 0 Å². The Morgan fingerprint density at radius 1 is 1.62 bits per heavy atom. The topological polar surface area (TPSA) is 68.8 Å². The Hall–Kier alpha value is -1.24. The summed E-state index contributed by atoms with van der Waals surface area (Å²) in [5.41, 5.74) is 4.62. The van der Waals surface area contributed by atoms with Crippen molar-refractivity contribution in [1.29, 1.82) is 0 Å². The first-order valence-electron chi connectivity index (χ1n) is 5.19. The van der Waals surface area contributed by atoms with Crippen molar-refractivity contribution in [1.82, 2.24) is 20.0 Å². The summed E-state index contributed by atoms with van der Waals surface area (Å²) in [6.45, 7) is 3.03. The first kappa shape index (κ1) is 11.3. The molecule has 2 rings (SSSR count). The minimum Gasteiger partial charge on any atom is -0.335 e. The van der Waals surface area contributed by atoms with E-state index in [1.54, 1.807) is 11.3 Å². The third kappa shape index (κ3) is 2.29. The molecule has 5 nitrogen and oxygen atoms in total. The monoisotopic (exact) mass is 237 g/mol. The lowest BCUT2D eigenvalue weighted by molar-refractivity contribution is 0.529. The second-order valence-electron chi connectivity index (χ2n) is 3.46. The normalized spacial score (nSPS) is 12.9. The number of aryl methyl sites for hydroxylation is 1. The van der Waals surface area contributed by atoms with E-state index in [0.717, 1.165) is 23.7 Å². The summed E-state index contributed by atoms with van der Waals surface area (Å²) in [6, 6.07) is 0.0835. The number of aromatic nitrogens is 3. The van der Waals surface area contributed by atoms with Crippen LogP contribution in [0.5, 0.6) is 0 Å². The molecule has 2 heterocycles. The average Bonchev–Trinajstić information content (AvgIpc) is 2.96. The zero-order valence-corrected chi connectivity index (χ0v) is 9.94. The summed E-state index contributed by atoms with van der Waals surface area (Å²) in [5.74, 6) is 6.60. The van der Waals surface area contributed by atoms with Crippen LogP contribution >= 0.6 is 11.3 Å². The van der Waals surface area contributed by atoms with Gasteiger partial charge in [0.1, 0.15) is 5.82 Å². The third-order valence-corrected chi connectivity index (χ3v) is 3.41. The van der Waals surface area contributed by atoms with Crippen LogP contribution in [-0.4, -0.2) is 14.5 Å². The lowest BCUT2D eigenvalue weighted by Gasteiger charge is -2.13.